The molecule has 4 aromatic rings. The summed E-state index contributed by atoms with van der Waals surface area (Å²) in [4.78, 5) is 18.6. The standard InChI is InChI=1S/C25H22N2OS/c1-18-24(21-15-9-4-10-16-21)27-25(29-18)26-23(28)17-22(19-11-5-2-6-12-19)20-13-7-3-8-14-20/h2-16,22H,17H2,1H3,(H,26,27,28). The zero-order valence-electron chi connectivity index (χ0n) is 16.2. The van der Waals surface area contributed by atoms with Crippen LogP contribution in [0.3, 0.4) is 0 Å². The summed E-state index contributed by atoms with van der Waals surface area (Å²) in [5.74, 6) is -0.0249. The normalized spacial score (nSPS) is 10.8. The monoisotopic (exact) mass is 398 g/mol. The molecule has 0 unspecified atom stereocenters. The Bertz CT molecular complexity index is 1040. The molecule has 144 valence electrons. The van der Waals surface area contributed by atoms with Crippen molar-refractivity contribution in [1.29, 1.82) is 0 Å². The fourth-order valence-corrected chi connectivity index (χ4v) is 4.32. The van der Waals surface area contributed by atoms with Crippen molar-refractivity contribution >= 4 is 22.4 Å². The Morgan fingerprint density at radius 2 is 1.38 bits per heavy atom. The zero-order valence-corrected chi connectivity index (χ0v) is 17.0. The van der Waals surface area contributed by atoms with Crippen LogP contribution in [0.5, 0.6) is 0 Å². The first-order valence-corrected chi connectivity index (χ1v) is 10.4. The lowest BCUT2D eigenvalue weighted by molar-refractivity contribution is -0.116. The van der Waals surface area contributed by atoms with Crippen LogP contribution in [0, 0.1) is 6.92 Å². The highest BCUT2D eigenvalue weighted by molar-refractivity contribution is 7.16. The van der Waals surface area contributed by atoms with Crippen LogP contribution in [0.15, 0.2) is 91.0 Å². The lowest BCUT2D eigenvalue weighted by Crippen LogP contribution is -2.16. The second-order valence-electron chi connectivity index (χ2n) is 6.92. The Kier molecular flexibility index (Phi) is 5.82. The highest BCUT2D eigenvalue weighted by Crippen LogP contribution is 2.32. The molecule has 4 heteroatoms. The number of benzene rings is 3. The van der Waals surface area contributed by atoms with Gasteiger partial charge in [0.25, 0.3) is 0 Å². The van der Waals surface area contributed by atoms with Crippen LogP contribution in [0.2, 0.25) is 0 Å². The number of carbonyl (C=O) groups is 1. The largest absolute Gasteiger partial charge is 0.302 e. The van der Waals surface area contributed by atoms with Gasteiger partial charge in [-0.05, 0) is 18.1 Å². The molecule has 0 fully saturated rings. The van der Waals surface area contributed by atoms with E-state index in [1.807, 2.05) is 73.7 Å². The van der Waals surface area contributed by atoms with Crippen LogP contribution in [0.4, 0.5) is 5.13 Å². The third-order valence-corrected chi connectivity index (χ3v) is 5.77. The summed E-state index contributed by atoms with van der Waals surface area (Å²) >= 11 is 1.51. The van der Waals surface area contributed by atoms with E-state index in [1.165, 1.54) is 11.3 Å². The summed E-state index contributed by atoms with van der Waals surface area (Å²) < 4.78 is 0. The van der Waals surface area contributed by atoms with Gasteiger partial charge in [-0.1, -0.05) is 91.0 Å². The lowest BCUT2D eigenvalue weighted by atomic mass is 9.88. The van der Waals surface area contributed by atoms with Crippen molar-refractivity contribution in [2.45, 2.75) is 19.3 Å². The van der Waals surface area contributed by atoms with Crippen molar-refractivity contribution in [2.75, 3.05) is 5.32 Å². The van der Waals surface area contributed by atoms with Crippen molar-refractivity contribution in [2.24, 2.45) is 0 Å². The van der Waals surface area contributed by atoms with Gasteiger partial charge < -0.3 is 5.32 Å². The van der Waals surface area contributed by atoms with E-state index in [4.69, 9.17) is 0 Å². The molecular formula is C25H22N2OS. The van der Waals surface area contributed by atoms with Gasteiger partial charge in [-0.25, -0.2) is 4.98 Å². The maximum absolute atomic E-state index is 12.9. The van der Waals surface area contributed by atoms with Gasteiger partial charge in [-0.3, -0.25) is 4.79 Å². The number of aryl methyl sites for hydroxylation is 1. The van der Waals surface area contributed by atoms with Gasteiger partial charge in [-0.15, -0.1) is 11.3 Å². The molecular weight excluding hydrogens is 376 g/mol. The second kappa shape index (κ2) is 8.84. The maximum Gasteiger partial charge on any atom is 0.227 e. The predicted octanol–water partition coefficient (Wildman–Crippen LogP) is 6.28. The van der Waals surface area contributed by atoms with Crippen molar-refractivity contribution in [3.05, 3.63) is 107 Å². The van der Waals surface area contributed by atoms with Gasteiger partial charge in [-0.2, -0.15) is 0 Å². The first kappa shape index (κ1) is 19.1. The molecule has 3 aromatic carbocycles. The van der Waals surface area contributed by atoms with Gasteiger partial charge in [0, 0.05) is 22.8 Å². The third kappa shape index (κ3) is 4.61. The highest BCUT2D eigenvalue weighted by Gasteiger charge is 2.19. The molecule has 0 bridgehead atoms. The molecule has 0 aliphatic rings. The minimum Gasteiger partial charge on any atom is -0.302 e. The number of thiazole rings is 1. The van der Waals surface area contributed by atoms with Gasteiger partial charge in [0.1, 0.15) is 0 Å². The summed E-state index contributed by atoms with van der Waals surface area (Å²) in [6.45, 7) is 2.03. The summed E-state index contributed by atoms with van der Waals surface area (Å²) in [7, 11) is 0. The fourth-order valence-electron chi connectivity index (χ4n) is 3.47. The molecule has 1 aromatic heterocycles. The maximum atomic E-state index is 12.9. The summed E-state index contributed by atoms with van der Waals surface area (Å²) in [5.41, 5.74) is 4.25. The van der Waals surface area contributed by atoms with Gasteiger partial charge in [0.05, 0.1) is 5.69 Å². The van der Waals surface area contributed by atoms with E-state index in [0.717, 1.165) is 27.3 Å². The number of rotatable bonds is 6. The van der Waals surface area contributed by atoms with Crippen molar-refractivity contribution < 1.29 is 4.79 Å². The third-order valence-electron chi connectivity index (χ3n) is 4.88. The first-order valence-electron chi connectivity index (χ1n) is 9.63. The highest BCUT2D eigenvalue weighted by atomic mass is 32.1. The molecule has 0 spiro atoms. The Balaban J connectivity index is 1.53. The second-order valence-corrected chi connectivity index (χ2v) is 8.12. The number of anilines is 1. The molecule has 4 rings (SSSR count). The Morgan fingerprint density at radius 1 is 0.862 bits per heavy atom. The van der Waals surface area contributed by atoms with Crippen molar-refractivity contribution in [3.8, 4) is 11.3 Å². The number of nitrogens with zero attached hydrogens (tertiary/aromatic N) is 1. The van der Waals surface area contributed by atoms with Crippen LogP contribution >= 0.6 is 11.3 Å². The van der Waals surface area contributed by atoms with E-state index in [9.17, 15) is 4.79 Å². The molecule has 0 aliphatic heterocycles. The van der Waals surface area contributed by atoms with E-state index in [0.29, 0.717) is 11.6 Å². The summed E-state index contributed by atoms with van der Waals surface area (Å²) in [6, 6.07) is 30.4. The Labute approximate surface area is 175 Å². The van der Waals surface area contributed by atoms with Crippen LogP contribution in [-0.4, -0.2) is 10.9 Å². The average Bonchev–Trinajstić information content (AvgIpc) is 3.13. The van der Waals surface area contributed by atoms with E-state index in [1.54, 1.807) is 0 Å². The number of hydrogen-bond donors (Lipinski definition) is 1. The molecule has 0 saturated carbocycles. The van der Waals surface area contributed by atoms with Gasteiger partial charge >= 0.3 is 0 Å². The van der Waals surface area contributed by atoms with E-state index in [2.05, 4.69) is 34.6 Å². The average molecular weight is 399 g/mol. The molecule has 29 heavy (non-hydrogen) atoms. The molecule has 1 amide bonds. The number of carbonyl (C=O) groups excluding carboxylic acids is 1. The minimum atomic E-state index is -0.0314. The van der Waals surface area contributed by atoms with Gasteiger partial charge in [0.2, 0.25) is 5.91 Å². The molecule has 0 radical (unpaired) electrons. The van der Waals surface area contributed by atoms with E-state index < -0.39 is 0 Å². The lowest BCUT2D eigenvalue weighted by Gasteiger charge is -2.17. The molecule has 3 nitrogen and oxygen atoms in total. The van der Waals surface area contributed by atoms with E-state index in [-0.39, 0.29) is 11.8 Å². The SMILES string of the molecule is Cc1sc(NC(=O)CC(c2ccccc2)c2ccccc2)nc1-c1ccccc1. The van der Waals surface area contributed by atoms with Crippen molar-refractivity contribution in [3.63, 3.8) is 0 Å². The number of amides is 1. The predicted molar refractivity (Wildman–Crippen MR) is 120 cm³/mol. The smallest absolute Gasteiger partial charge is 0.227 e. The number of aromatic nitrogens is 1. The van der Waals surface area contributed by atoms with Gasteiger partial charge in [0.15, 0.2) is 5.13 Å². The number of hydrogen-bond acceptors (Lipinski definition) is 3. The molecule has 1 N–H and O–H groups in total. The number of nitrogens with one attached hydrogen (secondary N) is 1. The fraction of sp³-hybridized carbons (Fsp3) is 0.120. The van der Waals surface area contributed by atoms with Crippen LogP contribution < -0.4 is 5.32 Å². The molecule has 0 atom stereocenters. The Morgan fingerprint density at radius 3 is 1.93 bits per heavy atom. The topological polar surface area (TPSA) is 42.0 Å². The van der Waals surface area contributed by atoms with Crippen LogP contribution in [0.25, 0.3) is 11.3 Å². The van der Waals surface area contributed by atoms with E-state index >= 15 is 0 Å². The van der Waals surface area contributed by atoms with Crippen molar-refractivity contribution in [1.82, 2.24) is 4.98 Å². The quantitative estimate of drug-likeness (QED) is 0.415. The van der Waals surface area contributed by atoms with Crippen LogP contribution in [-0.2, 0) is 4.79 Å². The first-order chi connectivity index (χ1) is 14.2. The Hall–Kier alpha value is -3.24. The summed E-state index contributed by atoms with van der Waals surface area (Å²) in [6.07, 6.45) is 0.368. The molecule has 1 heterocycles. The summed E-state index contributed by atoms with van der Waals surface area (Å²) in [5, 5.41) is 3.66. The minimum absolute atomic E-state index is 0.00653. The van der Waals surface area contributed by atoms with Crippen LogP contribution in [0.1, 0.15) is 28.3 Å². The molecule has 0 saturated heterocycles. The molecule has 0 aliphatic carbocycles. The zero-order chi connectivity index (χ0) is 20.1.